The molecule has 88 valence electrons. The summed E-state index contributed by atoms with van der Waals surface area (Å²) in [6.07, 6.45) is 0. The molecule has 1 unspecified atom stereocenters. The van der Waals surface area contributed by atoms with Gasteiger partial charge in [-0.05, 0) is 25.0 Å². The highest BCUT2D eigenvalue weighted by Crippen LogP contribution is 2.33. The molecule has 16 heavy (non-hydrogen) atoms. The zero-order valence-electron chi connectivity index (χ0n) is 9.56. The molecule has 4 heteroatoms. The summed E-state index contributed by atoms with van der Waals surface area (Å²) in [5, 5.41) is 3.16. The molecule has 0 fully saturated rings. The lowest BCUT2D eigenvalue weighted by molar-refractivity contribution is 0.504. The van der Waals surface area contributed by atoms with Crippen LogP contribution >= 0.6 is 0 Å². The number of rotatable bonds is 1. The average molecular weight is 226 g/mol. The highest BCUT2D eigenvalue weighted by atomic mass is 19.2. The van der Waals surface area contributed by atoms with Crippen LogP contribution in [0.2, 0.25) is 0 Å². The molecule has 0 bridgehead atoms. The van der Waals surface area contributed by atoms with Crippen LogP contribution in [-0.2, 0) is 0 Å². The second-order valence-corrected chi connectivity index (χ2v) is 4.28. The number of nitrogens with one attached hydrogen (secondary N) is 1. The van der Waals surface area contributed by atoms with Gasteiger partial charge in [0.2, 0.25) is 0 Å². The average Bonchev–Trinajstić information content (AvgIpc) is 2.43. The fraction of sp³-hybridized carbons (Fsp3) is 0.500. The minimum atomic E-state index is -0.784. The van der Waals surface area contributed by atoms with Crippen molar-refractivity contribution in [3.05, 3.63) is 23.8 Å². The van der Waals surface area contributed by atoms with Gasteiger partial charge in [0.25, 0.3) is 0 Å². The van der Waals surface area contributed by atoms with Crippen molar-refractivity contribution in [2.45, 2.75) is 13.8 Å². The Kier molecular flexibility index (Phi) is 2.99. The number of anilines is 2. The summed E-state index contributed by atoms with van der Waals surface area (Å²) >= 11 is 0. The van der Waals surface area contributed by atoms with E-state index < -0.39 is 11.6 Å². The highest BCUT2D eigenvalue weighted by molar-refractivity contribution is 5.71. The Labute approximate surface area is 94.3 Å². The van der Waals surface area contributed by atoms with E-state index in [1.54, 1.807) is 6.07 Å². The summed E-state index contributed by atoms with van der Waals surface area (Å²) < 4.78 is 27.0. The van der Waals surface area contributed by atoms with Gasteiger partial charge >= 0.3 is 0 Å². The third-order valence-electron chi connectivity index (χ3n) is 2.94. The first kappa shape index (κ1) is 11.2. The van der Waals surface area contributed by atoms with Gasteiger partial charge in [-0.2, -0.15) is 0 Å². The van der Waals surface area contributed by atoms with Gasteiger partial charge in [0.15, 0.2) is 11.6 Å². The molecule has 0 amide bonds. The van der Waals surface area contributed by atoms with E-state index in [-0.39, 0.29) is 0 Å². The summed E-state index contributed by atoms with van der Waals surface area (Å²) in [5.41, 5.74) is 1.05. The van der Waals surface area contributed by atoms with Gasteiger partial charge in [-0.1, -0.05) is 6.92 Å². The van der Waals surface area contributed by atoms with Crippen LogP contribution in [0.5, 0.6) is 0 Å². The largest absolute Gasteiger partial charge is 0.383 e. The van der Waals surface area contributed by atoms with Gasteiger partial charge < -0.3 is 10.2 Å². The van der Waals surface area contributed by atoms with Gasteiger partial charge in [0.1, 0.15) is 0 Å². The van der Waals surface area contributed by atoms with E-state index in [0.717, 1.165) is 13.1 Å². The van der Waals surface area contributed by atoms with Crippen molar-refractivity contribution in [3.63, 3.8) is 0 Å². The van der Waals surface area contributed by atoms with Gasteiger partial charge in [0, 0.05) is 19.6 Å². The quantitative estimate of drug-likeness (QED) is 0.792. The Morgan fingerprint density at radius 2 is 2.19 bits per heavy atom. The van der Waals surface area contributed by atoms with Crippen LogP contribution in [0, 0.1) is 17.6 Å². The number of hydrogen-bond donors (Lipinski definition) is 1. The number of fused-ring (bicyclic) bond motifs is 1. The van der Waals surface area contributed by atoms with Crippen LogP contribution in [0.1, 0.15) is 13.8 Å². The standard InChI is InChI=1S/C12H16F2N2/c1-3-16-7-8(2)6-15-10-5-4-9(13)11(14)12(10)16/h4-5,8,15H,3,6-7H2,1-2H3. The van der Waals surface area contributed by atoms with Crippen LogP contribution < -0.4 is 10.2 Å². The number of halogens is 2. The molecule has 1 N–H and O–H groups in total. The Hall–Kier alpha value is -1.32. The van der Waals surface area contributed by atoms with Gasteiger partial charge in [0.05, 0.1) is 11.4 Å². The van der Waals surface area contributed by atoms with Crippen LogP contribution in [0.3, 0.4) is 0 Å². The first-order valence-corrected chi connectivity index (χ1v) is 5.60. The first-order chi connectivity index (χ1) is 7.63. The van der Waals surface area contributed by atoms with E-state index in [1.165, 1.54) is 6.07 Å². The van der Waals surface area contributed by atoms with Crippen LogP contribution in [0.4, 0.5) is 20.2 Å². The molecular weight excluding hydrogens is 210 g/mol. The lowest BCUT2D eigenvalue weighted by atomic mass is 10.1. The predicted molar refractivity (Wildman–Crippen MR) is 61.9 cm³/mol. The topological polar surface area (TPSA) is 15.3 Å². The van der Waals surface area contributed by atoms with Crippen LogP contribution in [0.25, 0.3) is 0 Å². The number of benzene rings is 1. The lowest BCUT2D eigenvalue weighted by Gasteiger charge is -2.24. The summed E-state index contributed by atoms with van der Waals surface area (Å²) in [5.74, 6) is -1.12. The smallest absolute Gasteiger partial charge is 0.184 e. The molecule has 1 aromatic carbocycles. The van der Waals surface area contributed by atoms with E-state index >= 15 is 0 Å². The third kappa shape index (κ3) is 1.84. The maximum absolute atomic E-state index is 13.8. The summed E-state index contributed by atoms with van der Waals surface area (Å²) in [6, 6.07) is 2.78. The van der Waals surface area contributed by atoms with Gasteiger partial charge in [-0.3, -0.25) is 0 Å². The molecule has 0 spiro atoms. The summed E-state index contributed by atoms with van der Waals surface area (Å²) in [4.78, 5) is 1.89. The molecule has 1 aliphatic heterocycles. The maximum atomic E-state index is 13.8. The second-order valence-electron chi connectivity index (χ2n) is 4.28. The first-order valence-electron chi connectivity index (χ1n) is 5.60. The van der Waals surface area contributed by atoms with E-state index in [2.05, 4.69) is 12.2 Å². The van der Waals surface area contributed by atoms with E-state index in [4.69, 9.17) is 0 Å². The molecule has 2 rings (SSSR count). The molecule has 1 aromatic rings. The van der Waals surface area contributed by atoms with Crippen LogP contribution in [0.15, 0.2) is 12.1 Å². The molecular formula is C12H16F2N2. The highest BCUT2D eigenvalue weighted by Gasteiger charge is 2.23. The van der Waals surface area contributed by atoms with Crippen LogP contribution in [-0.4, -0.2) is 19.6 Å². The van der Waals surface area contributed by atoms with Crippen molar-refractivity contribution in [2.24, 2.45) is 5.92 Å². The van der Waals surface area contributed by atoms with Gasteiger partial charge in [-0.15, -0.1) is 0 Å². The predicted octanol–water partition coefficient (Wildman–Crippen LogP) is 2.85. The molecule has 1 heterocycles. The fourth-order valence-corrected chi connectivity index (χ4v) is 2.10. The minimum Gasteiger partial charge on any atom is -0.383 e. The SMILES string of the molecule is CCN1CC(C)CNc2ccc(F)c(F)c21. The van der Waals surface area contributed by atoms with E-state index in [9.17, 15) is 8.78 Å². The molecule has 0 aromatic heterocycles. The maximum Gasteiger partial charge on any atom is 0.184 e. The van der Waals surface area contributed by atoms with Crippen molar-refractivity contribution in [1.82, 2.24) is 0 Å². The third-order valence-corrected chi connectivity index (χ3v) is 2.94. The Bertz CT molecular complexity index is 393. The molecule has 0 aliphatic carbocycles. The Morgan fingerprint density at radius 3 is 2.88 bits per heavy atom. The van der Waals surface area contributed by atoms with E-state index in [0.29, 0.717) is 23.8 Å². The van der Waals surface area contributed by atoms with Crippen molar-refractivity contribution in [3.8, 4) is 0 Å². The molecule has 0 saturated heterocycles. The zero-order valence-corrected chi connectivity index (χ0v) is 9.56. The lowest BCUT2D eigenvalue weighted by Crippen LogP contribution is -2.28. The van der Waals surface area contributed by atoms with Crippen molar-refractivity contribution in [2.75, 3.05) is 29.9 Å². The molecule has 0 radical (unpaired) electrons. The molecule has 1 atom stereocenters. The fourth-order valence-electron chi connectivity index (χ4n) is 2.10. The van der Waals surface area contributed by atoms with Gasteiger partial charge in [-0.25, -0.2) is 8.78 Å². The second kappa shape index (κ2) is 4.28. The summed E-state index contributed by atoms with van der Waals surface area (Å²) in [6.45, 7) is 6.26. The number of hydrogen-bond acceptors (Lipinski definition) is 2. The van der Waals surface area contributed by atoms with E-state index in [1.807, 2.05) is 11.8 Å². The van der Waals surface area contributed by atoms with Crippen molar-refractivity contribution >= 4 is 11.4 Å². The zero-order chi connectivity index (χ0) is 11.7. The van der Waals surface area contributed by atoms with Crippen molar-refractivity contribution in [1.29, 1.82) is 0 Å². The molecule has 0 saturated carbocycles. The Balaban J connectivity index is 2.50. The Morgan fingerprint density at radius 1 is 1.44 bits per heavy atom. The minimum absolute atomic E-state index is 0.367. The molecule has 1 aliphatic rings. The molecule has 2 nitrogen and oxygen atoms in total. The van der Waals surface area contributed by atoms with Crippen molar-refractivity contribution < 1.29 is 8.78 Å². The normalized spacial score (nSPS) is 20.0. The number of nitrogens with zero attached hydrogens (tertiary/aromatic N) is 1. The monoisotopic (exact) mass is 226 g/mol. The summed E-state index contributed by atoms with van der Waals surface area (Å²) in [7, 11) is 0.